The maximum Gasteiger partial charge on any atom is 0.310 e. The molecule has 4 rings (SSSR count). The highest BCUT2D eigenvalue weighted by atomic mass is 16.5. The predicted molar refractivity (Wildman–Crippen MR) is 174 cm³/mol. The molecule has 0 atom stereocenters. The first-order valence-corrected chi connectivity index (χ1v) is 14.2. The Morgan fingerprint density at radius 3 is 1.59 bits per heavy atom. The number of carbonyl (C=O) groups is 3. The average Bonchev–Trinajstić information content (AvgIpc) is 3.67. The van der Waals surface area contributed by atoms with Gasteiger partial charge in [-0.1, -0.05) is 6.92 Å². The fraction of sp³-hybridized carbons (Fsp3) is 0.229. The van der Waals surface area contributed by atoms with Crippen LogP contribution in [0, 0.1) is 0 Å². The number of ketones is 2. The molecule has 0 bridgehead atoms. The SMILES string of the molecule is CCC(=O)Oc1cc(OC)cc(OC)c1C(=O)/C=C/c1cccn1C.COc1cc(O)c(C(=O)/C=C/c2cccn2C)c(OC)c1. The van der Waals surface area contributed by atoms with Crippen molar-refractivity contribution in [2.24, 2.45) is 14.1 Å². The van der Waals surface area contributed by atoms with Crippen LogP contribution in [-0.2, 0) is 18.9 Å². The third-order valence-electron chi connectivity index (χ3n) is 6.79. The monoisotopic (exact) mass is 630 g/mol. The van der Waals surface area contributed by atoms with Gasteiger partial charge in [0.2, 0.25) is 0 Å². The van der Waals surface area contributed by atoms with Crippen LogP contribution in [0.15, 0.2) is 73.1 Å². The number of benzene rings is 2. The summed E-state index contributed by atoms with van der Waals surface area (Å²) in [6.45, 7) is 1.68. The molecule has 242 valence electrons. The molecule has 0 saturated heterocycles. The number of hydrogen-bond donors (Lipinski definition) is 1. The number of nitrogens with zero attached hydrogens (tertiary/aromatic N) is 2. The molecule has 4 aromatic rings. The molecule has 0 spiro atoms. The molecule has 1 N–H and O–H groups in total. The third-order valence-corrected chi connectivity index (χ3v) is 6.79. The summed E-state index contributed by atoms with van der Waals surface area (Å²) in [5.74, 6) is 0.222. The normalized spacial score (nSPS) is 10.8. The van der Waals surface area contributed by atoms with Crippen molar-refractivity contribution >= 4 is 29.7 Å². The van der Waals surface area contributed by atoms with Gasteiger partial charge >= 0.3 is 5.97 Å². The Morgan fingerprint density at radius 1 is 0.696 bits per heavy atom. The number of carbonyl (C=O) groups excluding carboxylic acids is 3. The molecule has 0 radical (unpaired) electrons. The van der Waals surface area contributed by atoms with E-state index in [0.29, 0.717) is 11.5 Å². The zero-order chi connectivity index (χ0) is 33.8. The van der Waals surface area contributed by atoms with Gasteiger partial charge in [-0.25, -0.2) is 0 Å². The number of aromatic nitrogens is 2. The Morgan fingerprint density at radius 2 is 1.15 bits per heavy atom. The van der Waals surface area contributed by atoms with Crippen molar-refractivity contribution < 1.29 is 43.2 Å². The predicted octanol–water partition coefficient (Wildman–Crippen LogP) is 5.90. The molecule has 0 aliphatic rings. The molecule has 0 amide bonds. The summed E-state index contributed by atoms with van der Waals surface area (Å²) in [6, 6.07) is 13.5. The molecule has 2 heterocycles. The molecule has 0 unspecified atom stereocenters. The summed E-state index contributed by atoms with van der Waals surface area (Å²) in [5.41, 5.74) is 2.04. The number of ether oxygens (including phenoxy) is 5. The van der Waals surface area contributed by atoms with Gasteiger partial charge in [-0.2, -0.15) is 0 Å². The van der Waals surface area contributed by atoms with Gasteiger partial charge in [-0.15, -0.1) is 0 Å². The van der Waals surface area contributed by atoms with Crippen molar-refractivity contribution in [1.29, 1.82) is 0 Å². The van der Waals surface area contributed by atoms with Gasteiger partial charge in [0.15, 0.2) is 11.6 Å². The zero-order valence-corrected chi connectivity index (χ0v) is 26.9. The first-order valence-electron chi connectivity index (χ1n) is 14.2. The molecule has 2 aromatic carbocycles. The van der Waals surface area contributed by atoms with Gasteiger partial charge in [0.05, 0.1) is 28.4 Å². The van der Waals surface area contributed by atoms with Crippen LogP contribution in [0.2, 0.25) is 0 Å². The van der Waals surface area contributed by atoms with E-state index in [1.807, 2.05) is 59.9 Å². The highest BCUT2D eigenvalue weighted by molar-refractivity contribution is 6.11. The molecule has 0 saturated carbocycles. The van der Waals surface area contributed by atoms with E-state index in [-0.39, 0.29) is 52.1 Å². The van der Waals surface area contributed by atoms with Gasteiger partial charge in [-0.05, 0) is 48.6 Å². The van der Waals surface area contributed by atoms with Gasteiger partial charge in [-0.3, -0.25) is 14.4 Å². The fourth-order valence-corrected chi connectivity index (χ4v) is 4.25. The van der Waals surface area contributed by atoms with Crippen molar-refractivity contribution in [3.8, 4) is 34.5 Å². The Bertz CT molecular complexity index is 1740. The maximum atomic E-state index is 12.7. The number of methoxy groups -OCH3 is 4. The van der Waals surface area contributed by atoms with Crippen LogP contribution in [0.3, 0.4) is 0 Å². The fourth-order valence-electron chi connectivity index (χ4n) is 4.25. The van der Waals surface area contributed by atoms with Crippen LogP contribution in [0.5, 0.6) is 34.5 Å². The van der Waals surface area contributed by atoms with Crippen LogP contribution in [0.1, 0.15) is 45.4 Å². The quantitative estimate of drug-likeness (QED) is 0.0881. The van der Waals surface area contributed by atoms with Crippen LogP contribution < -0.4 is 23.7 Å². The lowest BCUT2D eigenvalue weighted by Gasteiger charge is -2.13. The first kappa shape index (κ1) is 34.8. The van der Waals surface area contributed by atoms with Crippen LogP contribution in [0.4, 0.5) is 0 Å². The zero-order valence-electron chi connectivity index (χ0n) is 26.9. The van der Waals surface area contributed by atoms with Gasteiger partial charge in [0, 0.05) is 68.6 Å². The topological polar surface area (TPSA) is 127 Å². The molecule has 0 fully saturated rings. The van der Waals surface area contributed by atoms with E-state index < -0.39 is 5.97 Å². The number of hydrogen-bond acceptors (Lipinski definition) is 9. The third kappa shape index (κ3) is 8.69. The van der Waals surface area contributed by atoms with E-state index in [9.17, 15) is 19.5 Å². The van der Waals surface area contributed by atoms with Crippen molar-refractivity contribution in [1.82, 2.24) is 9.13 Å². The molecular weight excluding hydrogens is 592 g/mol. The second-order valence-electron chi connectivity index (χ2n) is 9.74. The lowest BCUT2D eigenvalue weighted by atomic mass is 10.1. The number of phenols is 1. The summed E-state index contributed by atoms with van der Waals surface area (Å²) in [7, 11) is 9.61. The van der Waals surface area contributed by atoms with E-state index in [4.69, 9.17) is 23.7 Å². The van der Waals surface area contributed by atoms with Crippen LogP contribution >= 0.6 is 0 Å². The highest BCUT2D eigenvalue weighted by Crippen LogP contribution is 2.36. The van der Waals surface area contributed by atoms with Crippen LogP contribution in [0.25, 0.3) is 12.2 Å². The largest absolute Gasteiger partial charge is 0.507 e. The van der Waals surface area contributed by atoms with E-state index in [2.05, 4.69) is 0 Å². The first-order chi connectivity index (χ1) is 22.1. The van der Waals surface area contributed by atoms with E-state index in [1.165, 1.54) is 52.7 Å². The smallest absolute Gasteiger partial charge is 0.310 e. The van der Waals surface area contributed by atoms with Gasteiger partial charge < -0.3 is 37.9 Å². The van der Waals surface area contributed by atoms with Crippen molar-refractivity contribution in [2.45, 2.75) is 13.3 Å². The van der Waals surface area contributed by atoms with Crippen molar-refractivity contribution in [3.05, 3.63) is 95.6 Å². The van der Waals surface area contributed by atoms with Gasteiger partial charge in [0.25, 0.3) is 0 Å². The standard InChI is InChI=1S/C19H21NO5.C16H17NO4/c1-5-18(22)25-17-12-14(23-3)11-16(24-4)19(17)15(21)9-8-13-7-6-10-20(13)2;1-17-8-4-5-11(17)6-7-13(18)16-14(19)9-12(20-2)10-15(16)21-3/h6-12H,5H2,1-4H3;4-10,19H,1-3H3/b9-8+;7-6+. The summed E-state index contributed by atoms with van der Waals surface area (Å²) in [5, 5.41) is 10.00. The van der Waals surface area contributed by atoms with Gasteiger partial charge in [0.1, 0.15) is 45.6 Å². The van der Waals surface area contributed by atoms with E-state index in [0.717, 1.165) is 11.4 Å². The van der Waals surface area contributed by atoms with E-state index in [1.54, 1.807) is 31.2 Å². The molecule has 0 aliphatic carbocycles. The number of rotatable bonds is 12. The lowest BCUT2D eigenvalue weighted by Crippen LogP contribution is -2.11. The summed E-state index contributed by atoms with van der Waals surface area (Å²) in [6.07, 6.45) is 10.2. The molecule has 2 aromatic heterocycles. The highest BCUT2D eigenvalue weighted by Gasteiger charge is 2.21. The minimum absolute atomic E-state index is 0.115. The Hall–Kier alpha value is -5.71. The molecule has 46 heavy (non-hydrogen) atoms. The van der Waals surface area contributed by atoms with Crippen molar-refractivity contribution in [2.75, 3.05) is 28.4 Å². The molecule has 11 nitrogen and oxygen atoms in total. The minimum atomic E-state index is -0.448. The van der Waals surface area contributed by atoms with E-state index >= 15 is 0 Å². The summed E-state index contributed by atoms with van der Waals surface area (Å²) in [4.78, 5) is 36.7. The number of phenolic OH excluding ortho intramolecular Hbond substituents is 1. The number of allylic oxidation sites excluding steroid dienone is 2. The Labute approximate surface area is 267 Å². The maximum absolute atomic E-state index is 12.7. The minimum Gasteiger partial charge on any atom is -0.507 e. The van der Waals surface area contributed by atoms with Crippen LogP contribution in [-0.4, -0.2) is 60.2 Å². The molecule has 11 heteroatoms. The lowest BCUT2D eigenvalue weighted by molar-refractivity contribution is -0.134. The number of esters is 1. The Balaban J connectivity index is 0.000000254. The number of aromatic hydroxyl groups is 1. The summed E-state index contributed by atoms with van der Waals surface area (Å²) >= 11 is 0. The second-order valence-corrected chi connectivity index (χ2v) is 9.74. The summed E-state index contributed by atoms with van der Waals surface area (Å²) < 4.78 is 29.7. The molecular formula is C35H38N2O9. The van der Waals surface area contributed by atoms with Crippen molar-refractivity contribution in [3.63, 3.8) is 0 Å². The molecule has 0 aliphatic heterocycles. The number of aryl methyl sites for hydroxylation is 2. The second kappa shape index (κ2) is 16.4. The average molecular weight is 631 g/mol. The Kier molecular flexibility index (Phi) is 12.4.